The van der Waals surface area contributed by atoms with Gasteiger partial charge in [-0.25, -0.2) is 4.39 Å². The van der Waals surface area contributed by atoms with Crippen molar-refractivity contribution in [3.8, 4) is 0 Å². The molecule has 1 nitrogen and oxygen atoms in total. The molecular formula is C19H18FN. The second-order valence-electron chi connectivity index (χ2n) is 5.34. The van der Waals surface area contributed by atoms with E-state index in [2.05, 4.69) is 54.7 Å². The van der Waals surface area contributed by atoms with Crippen molar-refractivity contribution in [2.75, 3.05) is 0 Å². The van der Waals surface area contributed by atoms with E-state index >= 15 is 0 Å². The Labute approximate surface area is 124 Å². The highest BCUT2D eigenvalue weighted by Gasteiger charge is 2.05. The lowest BCUT2D eigenvalue weighted by Gasteiger charge is -2.14. The summed E-state index contributed by atoms with van der Waals surface area (Å²) < 4.78 is 12.9. The van der Waals surface area contributed by atoms with Crippen molar-refractivity contribution in [2.24, 2.45) is 0 Å². The van der Waals surface area contributed by atoms with Crippen LogP contribution in [0.4, 0.5) is 4.39 Å². The van der Waals surface area contributed by atoms with Crippen LogP contribution in [-0.4, -0.2) is 0 Å². The predicted octanol–water partition coefficient (Wildman–Crippen LogP) is 4.83. The van der Waals surface area contributed by atoms with Crippen LogP contribution in [0, 0.1) is 5.82 Å². The summed E-state index contributed by atoms with van der Waals surface area (Å²) in [6.45, 7) is 2.89. The lowest BCUT2D eigenvalue weighted by atomic mass is 10.1. The van der Waals surface area contributed by atoms with E-state index in [4.69, 9.17) is 0 Å². The summed E-state index contributed by atoms with van der Waals surface area (Å²) in [6, 6.07) is 21.7. The van der Waals surface area contributed by atoms with Gasteiger partial charge in [-0.1, -0.05) is 48.5 Å². The van der Waals surface area contributed by atoms with Crippen LogP contribution in [0.5, 0.6) is 0 Å². The van der Waals surface area contributed by atoms with E-state index in [1.807, 2.05) is 12.1 Å². The minimum absolute atomic E-state index is 0.192. The Morgan fingerprint density at radius 2 is 1.62 bits per heavy atom. The molecule has 1 N–H and O–H groups in total. The van der Waals surface area contributed by atoms with Crippen LogP contribution in [0.25, 0.3) is 10.8 Å². The molecule has 0 aliphatic heterocycles. The van der Waals surface area contributed by atoms with Crippen LogP contribution in [0.2, 0.25) is 0 Å². The van der Waals surface area contributed by atoms with Crippen LogP contribution >= 0.6 is 0 Å². The van der Waals surface area contributed by atoms with Crippen molar-refractivity contribution in [1.29, 1.82) is 0 Å². The Morgan fingerprint density at radius 1 is 0.905 bits per heavy atom. The molecule has 3 rings (SSSR count). The smallest absolute Gasteiger partial charge is 0.123 e. The van der Waals surface area contributed by atoms with E-state index in [0.717, 1.165) is 12.1 Å². The fourth-order valence-corrected chi connectivity index (χ4v) is 2.49. The van der Waals surface area contributed by atoms with E-state index in [9.17, 15) is 4.39 Å². The monoisotopic (exact) mass is 279 g/mol. The molecule has 106 valence electrons. The SMILES string of the molecule is C[C@@H](NCc1ccc2ccccc2c1)c1ccc(F)cc1. The molecule has 0 aromatic heterocycles. The lowest BCUT2D eigenvalue weighted by molar-refractivity contribution is 0.571. The largest absolute Gasteiger partial charge is 0.306 e. The summed E-state index contributed by atoms with van der Waals surface area (Å²) in [7, 11) is 0. The maximum Gasteiger partial charge on any atom is 0.123 e. The second-order valence-corrected chi connectivity index (χ2v) is 5.34. The molecule has 0 saturated heterocycles. The first-order valence-electron chi connectivity index (χ1n) is 7.19. The molecule has 0 heterocycles. The third-order valence-electron chi connectivity index (χ3n) is 3.80. The van der Waals surface area contributed by atoms with Crippen molar-refractivity contribution in [3.05, 3.63) is 83.7 Å². The van der Waals surface area contributed by atoms with Crippen LogP contribution in [0.1, 0.15) is 24.1 Å². The van der Waals surface area contributed by atoms with Gasteiger partial charge >= 0.3 is 0 Å². The van der Waals surface area contributed by atoms with E-state index in [1.54, 1.807) is 0 Å². The Bertz CT molecular complexity index is 734. The Balaban J connectivity index is 1.69. The van der Waals surface area contributed by atoms with E-state index < -0.39 is 0 Å². The zero-order chi connectivity index (χ0) is 14.7. The molecule has 0 saturated carbocycles. The number of hydrogen-bond donors (Lipinski definition) is 1. The van der Waals surface area contributed by atoms with Gasteiger partial charge in [0.1, 0.15) is 5.82 Å². The molecular weight excluding hydrogens is 261 g/mol. The number of benzene rings is 3. The van der Waals surface area contributed by atoms with Gasteiger partial charge in [0, 0.05) is 12.6 Å². The van der Waals surface area contributed by atoms with Gasteiger partial charge in [-0.05, 0) is 47.0 Å². The zero-order valence-corrected chi connectivity index (χ0v) is 12.0. The van der Waals surface area contributed by atoms with Gasteiger partial charge in [-0.3, -0.25) is 0 Å². The zero-order valence-electron chi connectivity index (χ0n) is 12.0. The maximum atomic E-state index is 12.9. The van der Waals surface area contributed by atoms with Crippen molar-refractivity contribution in [2.45, 2.75) is 19.5 Å². The molecule has 0 fully saturated rings. The molecule has 3 aromatic carbocycles. The number of hydrogen-bond acceptors (Lipinski definition) is 1. The van der Waals surface area contributed by atoms with E-state index in [0.29, 0.717) is 0 Å². The fraction of sp³-hybridized carbons (Fsp3) is 0.158. The van der Waals surface area contributed by atoms with E-state index in [1.165, 1.54) is 28.5 Å². The summed E-state index contributed by atoms with van der Waals surface area (Å²) in [5, 5.41) is 5.99. The quantitative estimate of drug-likeness (QED) is 0.721. The molecule has 0 aliphatic carbocycles. The molecule has 2 heteroatoms. The van der Waals surface area contributed by atoms with Gasteiger partial charge in [0.05, 0.1) is 0 Å². The topological polar surface area (TPSA) is 12.0 Å². The fourth-order valence-electron chi connectivity index (χ4n) is 2.49. The van der Waals surface area contributed by atoms with Crippen molar-refractivity contribution in [1.82, 2.24) is 5.32 Å². The van der Waals surface area contributed by atoms with E-state index in [-0.39, 0.29) is 11.9 Å². The summed E-state index contributed by atoms with van der Waals surface area (Å²) in [4.78, 5) is 0. The van der Waals surface area contributed by atoms with Gasteiger partial charge in [-0.2, -0.15) is 0 Å². The molecule has 0 spiro atoms. The number of halogens is 1. The molecule has 0 amide bonds. The molecule has 1 atom stereocenters. The molecule has 21 heavy (non-hydrogen) atoms. The van der Waals surface area contributed by atoms with Crippen molar-refractivity contribution >= 4 is 10.8 Å². The van der Waals surface area contributed by atoms with Crippen molar-refractivity contribution < 1.29 is 4.39 Å². The van der Waals surface area contributed by atoms with Gasteiger partial charge in [-0.15, -0.1) is 0 Å². The van der Waals surface area contributed by atoms with Crippen molar-refractivity contribution in [3.63, 3.8) is 0 Å². The molecule has 0 unspecified atom stereocenters. The first kappa shape index (κ1) is 13.8. The highest BCUT2D eigenvalue weighted by Crippen LogP contribution is 2.17. The summed E-state index contributed by atoms with van der Waals surface area (Å²) in [6.07, 6.45) is 0. The Hall–Kier alpha value is -2.19. The highest BCUT2D eigenvalue weighted by atomic mass is 19.1. The van der Waals surface area contributed by atoms with Gasteiger partial charge < -0.3 is 5.32 Å². The maximum absolute atomic E-state index is 12.9. The van der Waals surface area contributed by atoms with Gasteiger partial charge in [0.25, 0.3) is 0 Å². The third-order valence-corrected chi connectivity index (χ3v) is 3.80. The molecule has 3 aromatic rings. The molecule has 0 aliphatic rings. The molecule has 0 radical (unpaired) electrons. The average molecular weight is 279 g/mol. The summed E-state index contributed by atoms with van der Waals surface area (Å²) in [5.41, 5.74) is 2.35. The lowest BCUT2D eigenvalue weighted by Crippen LogP contribution is -2.18. The van der Waals surface area contributed by atoms with Crippen LogP contribution in [0.15, 0.2) is 66.7 Å². The highest BCUT2D eigenvalue weighted by molar-refractivity contribution is 5.82. The van der Waals surface area contributed by atoms with Gasteiger partial charge in [0.15, 0.2) is 0 Å². The predicted molar refractivity (Wildman–Crippen MR) is 85.6 cm³/mol. The van der Waals surface area contributed by atoms with Crippen LogP contribution < -0.4 is 5.32 Å². The Kier molecular flexibility index (Phi) is 3.98. The summed E-state index contributed by atoms with van der Waals surface area (Å²) >= 11 is 0. The number of rotatable bonds is 4. The third kappa shape index (κ3) is 3.29. The van der Waals surface area contributed by atoms with Crippen LogP contribution in [-0.2, 0) is 6.54 Å². The minimum atomic E-state index is -0.194. The molecule has 0 bridgehead atoms. The minimum Gasteiger partial charge on any atom is -0.306 e. The Morgan fingerprint density at radius 3 is 2.38 bits per heavy atom. The van der Waals surface area contributed by atoms with Gasteiger partial charge in [0.2, 0.25) is 0 Å². The summed E-state index contributed by atoms with van der Waals surface area (Å²) in [5.74, 6) is -0.194. The standard InChI is InChI=1S/C19H18FN/c1-14(16-8-10-19(20)11-9-16)21-13-15-6-7-17-4-2-3-5-18(17)12-15/h2-12,14,21H,13H2,1H3/t14-/m1/s1. The normalized spacial score (nSPS) is 12.5. The average Bonchev–Trinajstić information content (AvgIpc) is 2.53. The van der Waals surface area contributed by atoms with Crippen LogP contribution in [0.3, 0.4) is 0 Å². The second kappa shape index (κ2) is 6.06. The number of nitrogens with one attached hydrogen (secondary N) is 1. The number of fused-ring (bicyclic) bond motifs is 1. The first-order valence-corrected chi connectivity index (χ1v) is 7.19. The first-order chi connectivity index (χ1) is 10.2.